The van der Waals surface area contributed by atoms with Gasteiger partial charge in [-0.25, -0.2) is 0 Å². The average Bonchev–Trinajstić information content (AvgIpc) is 2.49. The molecule has 0 aromatic heterocycles. The summed E-state index contributed by atoms with van der Waals surface area (Å²) in [6.45, 7) is 2.07. The highest BCUT2D eigenvalue weighted by Crippen LogP contribution is 2.34. The van der Waals surface area contributed by atoms with Crippen molar-refractivity contribution in [1.82, 2.24) is 5.32 Å². The minimum absolute atomic E-state index is 0.0215. The Bertz CT molecular complexity index is 601. The molecule has 2 heteroatoms. The minimum atomic E-state index is 0.0215. The van der Waals surface area contributed by atoms with Gasteiger partial charge >= 0.3 is 0 Å². The van der Waals surface area contributed by atoms with Gasteiger partial charge in [0.15, 0.2) is 0 Å². The van der Waals surface area contributed by atoms with Gasteiger partial charge in [0.2, 0.25) is 0 Å². The molecule has 3 rings (SSSR count). The zero-order chi connectivity index (χ0) is 13.1. The zero-order valence-electron chi connectivity index (χ0n) is 11.0. The van der Waals surface area contributed by atoms with Gasteiger partial charge in [0.1, 0.15) is 0 Å². The maximum Gasteiger partial charge on any atom is 0.0747 e. The Morgan fingerprint density at radius 2 is 1.79 bits per heavy atom. The molecule has 0 bridgehead atoms. The fourth-order valence-electron chi connectivity index (χ4n) is 3.13. The number of piperidine rings is 1. The normalized spacial score (nSPS) is 18.1. The lowest BCUT2D eigenvalue weighted by molar-refractivity contribution is 0.352. The summed E-state index contributed by atoms with van der Waals surface area (Å²) in [5, 5.41) is 15.5. The molecule has 1 aliphatic rings. The van der Waals surface area contributed by atoms with Crippen LogP contribution in [0.4, 0.5) is 0 Å². The van der Waals surface area contributed by atoms with Crippen molar-refractivity contribution in [3.8, 4) is 6.07 Å². The number of nitriles is 1. The lowest BCUT2D eigenvalue weighted by Crippen LogP contribution is -2.30. The van der Waals surface area contributed by atoms with E-state index in [1.807, 2.05) is 0 Å². The first-order valence-electron chi connectivity index (χ1n) is 6.98. The fourth-order valence-corrected chi connectivity index (χ4v) is 3.13. The van der Waals surface area contributed by atoms with E-state index in [1.54, 1.807) is 0 Å². The molecule has 2 aromatic carbocycles. The van der Waals surface area contributed by atoms with Crippen molar-refractivity contribution in [3.05, 3.63) is 48.0 Å². The van der Waals surface area contributed by atoms with Crippen LogP contribution in [0.15, 0.2) is 42.5 Å². The highest BCUT2D eigenvalue weighted by atomic mass is 14.9. The van der Waals surface area contributed by atoms with Crippen LogP contribution in [0, 0.1) is 17.2 Å². The molecule has 0 radical (unpaired) electrons. The molecule has 1 aliphatic heterocycles. The van der Waals surface area contributed by atoms with Gasteiger partial charge in [-0.2, -0.15) is 5.26 Å². The van der Waals surface area contributed by atoms with Gasteiger partial charge in [0.25, 0.3) is 0 Å². The van der Waals surface area contributed by atoms with Gasteiger partial charge in [-0.3, -0.25) is 0 Å². The molecular formula is C17H18N2. The number of nitrogens with one attached hydrogen (secondary N) is 1. The Morgan fingerprint density at radius 3 is 2.58 bits per heavy atom. The summed E-state index contributed by atoms with van der Waals surface area (Å²) in [7, 11) is 0. The second-order valence-electron chi connectivity index (χ2n) is 5.26. The van der Waals surface area contributed by atoms with Crippen LogP contribution in [0.1, 0.15) is 24.3 Å². The first-order valence-corrected chi connectivity index (χ1v) is 6.98. The largest absolute Gasteiger partial charge is 0.317 e. The van der Waals surface area contributed by atoms with Crippen LogP contribution in [-0.4, -0.2) is 13.1 Å². The van der Waals surface area contributed by atoms with Crippen molar-refractivity contribution >= 4 is 10.8 Å². The van der Waals surface area contributed by atoms with Gasteiger partial charge in [0, 0.05) is 0 Å². The van der Waals surface area contributed by atoms with Crippen molar-refractivity contribution in [2.24, 2.45) is 5.92 Å². The first kappa shape index (κ1) is 12.2. The fraction of sp³-hybridized carbons (Fsp3) is 0.353. The van der Waals surface area contributed by atoms with Gasteiger partial charge in [-0.05, 0) is 48.2 Å². The van der Waals surface area contributed by atoms with Crippen LogP contribution in [-0.2, 0) is 0 Å². The highest BCUT2D eigenvalue weighted by Gasteiger charge is 2.25. The van der Waals surface area contributed by atoms with Crippen molar-refractivity contribution in [2.75, 3.05) is 13.1 Å². The number of benzene rings is 2. The number of nitrogens with zero attached hydrogens (tertiary/aromatic N) is 1. The number of fused-ring (bicyclic) bond motifs is 1. The van der Waals surface area contributed by atoms with E-state index >= 15 is 0 Å². The second-order valence-corrected chi connectivity index (χ2v) is 5.26. The van der Waals surface area contributed by atoms with Crippen LogP contribution in [0.5, 0.6) is 0 Å². The number of hydrogen-bond acceptors (Lipinski definition) is 2. The SMILES string of the molecule is N#CC(c1cccc2ccccc12)C1CCNCC1. The van der Waals surface area contributed by atoms with E-state index in [0.717, 1.165) is 25.9 Å². The summed E-state index contributed by atoms with van der Waals surface area (Å²) in [5.41, 5.74) is 1.20. The smallest absolute Gasteiger partial charge is 0.0747 e. The Labute approximate surface area is 114 Å². The van der Waals surface area contributed by atoms with Crippen molar-refractivity contribution < 1.29 is 0 Å². The Balaban J connectivity index is 2.04. The second kappa shape index (κ2) is 5.42. The van der Waals surface area contributed by atoms with Gasteiger partial charge in [-0.1, -0.05) is 42.5 Å². The van der Waals surface area contributed by atoms with Crippen molar-refractivity contribution in [2.45, 2.75) is 18.8 Å². The van der Waals surface area contributed by atoms with Crippen LogP contribution < -0.4 is 5.32 Å². The minimum Gasteiger partial charge on any atom is -0.317 e. The van der Waals surface area contributed by atoms with E-state index in [9.17, 15) is 5.26 Å². The molecule has 2 aromatic rings. The summed E-state index contributed by atoms with van der Waals surface area (Å²) >= 11 is 0. The molecule has 1 saturated heterocycles. The summed E-state index contributed by atoms with van der Waals surface area (Å²) in [4.78, 5) is 0. The van der Waals surface area contributed by atoms with E-state index in [0.29, 0.717) is 5.92 Å². The molecule has 1 atom stereocenters. The third kappa shape index (κ3) is 2.34. The summed E-state index contributed by atoms with van der Waals surface area (Å²) in [6, 6.07) is 17.2. The van der Waals surface area contributed by atoms with E-state index < -0.39 is 0 Å². The molecule has 1 heterocycles. The zero-order valence-corrected chi connectivity index (χ0v) is 11.0. The third-order valence-electron chi connectivity index (χ3n) is 4.15. The van der Waals surface area contributed by atoms with E-state index in [-0.39, 0.29) is 5.92 Å². The standard InChI is InChI=1S/C17H18N2/c18-12-17(14-8-10-19-11-9-14)16-7-3-5-13-4-1-2-6-15(13)16/h1-7,14,17,19H,8-11H2. The van der Waals surface area contributed by atoms with Crippen molar-refractivity contribution in [1.29, 1.82) is 5.26 Å². The topological polar surface area (TPSA) is 35.8 Å². The Hall–Kier alpha value is -1.85. The molecule has 1 fully saturated rings. The summed E-state index contributed by atoms with van der Waals surface area (Å²) in [5.74, 6) is 0.505. The molecule has 0 amide bonds. The number of hydrogen-bond donors (Lipinski definition) is 1. The molecule has 0 spiro atoms. The quantitative estimate of drug-likeness (QED) is 0.886. The van der Waals surface area contributed by atoms with Crippen LogP contribution >= 0.6 is 0 Å². The molecule has 0 saturated carbocycles. The van der Waals surface area contributed by atoms with Crippen molar-refractivity contribution in [3.63, 3.8) is 0 Å². The monoisotopic (exact) mass is 250 g/mol. The predicted octanol–water partition coefficient (Wildman–Crippen LogP) is 3.45. The van der Waals surface area contributed by atoms with Gasteiger partial charge < -0.3 is 5.32 Å². The third-order valence-corrected chi connectivity index (χ3v) is 4.15. The Kier molecular flexibility index (Phi) is 3.48. The molecule has 0 aliphatic carbocycles. The lowest BCUT2D eigenvalue weighted by Gasteiger charge is -2.27. The molecule has 1 N–H and O–H groups in total. The van der Waals surface area contributed by atoms with Gasteiger partial charge in [-0.15, -0.1) is 0 Å². The Morgan fingerprint density at radius 1 is 1.05 bits per heavy atom. The maximum absolute atomic E-state index is 9.62. The number of rotatable bonds is 2. The van der Waals surface area contributed by atoms with E-state index in [2.05, 4.69) is 53.9 Å². The molecule has 96 valence electrons. The molecule has 2 nitrogen and oxygen atoms in total. The summed E-state index contributed by atoms with van der Waals surface area (Å²) < 4.78 is 0. The van der Waals surface area contributed by atoms with Crippen LogP contribution in [0.3, 0.4) is 0 Å². The predicted molar refractivity (Wildman–Crippen MR) is 77.9 cm³/mol. The van der Waals surface area contributed by atoms with E-state index in [1.165, 1.54) is 16.3 Å². The first-order chi connectivity index (χ1) is 9.40. The van der Waals surface area contributed by atoms with Crippen LogP contribution in [0.25, 0.3) is 10.8 Å². The van der Waals surface area contributed by atoms with Crippen LogP contribution in [0.2, 0.25) is 0 Å². The molecule has 1 unspecified atom stereocenters. The van der Waals surface area contributed by atoms with Gasteiger partial charge in [0.05, 0.1) is 12.0 Å². The maximum atomic E-state index is 9.62. The highest BCUT2D eigenvalue weighted by molar-refractivity contribution is 5.86. The molecular weight excluding hydrogens is 232 g/mol. The molecule has 19 heavy (non-hydrogen) atoms. The van der Waals surface area contributed by atoms with E-state index in [4.69, 9.17) is 0 Å². The summed E-state index contributed by atoms with van der Waals surface area (Å²) in [6.07, 6.45) is 2.20. The average molecular weight is 250 g/mol. The lowest BCUT2D eigenvalue weighted by atomic mass is 9.80.